The average molecular weight is 687 g/mol. The van der Waals surface area contributed by atoms with Crippen LogP contribution in [-0.2, 0) is 11.2 Å². The molecule has 0 saturated heterocycles. The highest BCUT2D eigenvalue weighted by Crippen LogP contribution is 2.51. The first-order chi connectivity index (χ1) is 20.9. The third-order valence-corrected chi connectivity index (χ3v) is 11.2. The van der Waals surface area contributed by atoms with E-state index in [0.717, 1.165) is 50.3 Å². The topological polar surface area (TPSA) is 40.0 Å². The van der Waals surface area contributed by atoms with Crippen LogP contribution in [0, 0.1) is 12.8 Å². The van der Waals surface area contributed by atoms with Gasteiger partial charge in [-0.2, -0.15) is 5.10 Å². The van der Waals surface area contributed by atoms with Gasteiger partial charge in [0.05, 0.1) is 26.1 Å². The lowest BCUT2D eigenvalue weighted by molar-refractivity contribution is 0.583. The summed E-state index contributed by atoms with van der Waals surface area (Å²) in [6.07, 6.45) is 2.70. The number of nitrogens with one attached hydrogen (secondary N) is 1. The summed E-state index contributed by atoms with van der Waals surface area (Å²) < 4.78 is 0. The van der Waals surface area contributed by atoms with Crippen LogP contribution in [0.2, 0.25) is 15.1 Å². The molecule has 0 aromatic heterocycles. The normalized spacial score (nSPS) is 19.0. The number of hydrazone groups is 1. The van der Waals surface area contributed by atoms with Gasteiger partial charge in [-0.05, 0) is 73.4 Å². The quantitative estimate of drug-likeness (QED) is 0.256. The largest absolute Gasteiger partial charge is 0.307 e. The van der Waals surface area contributed by atoms with Gasteiger partial charge in [0.15, 0.2) is 5.84 Å². The highest BCUT2D eigenvalue weighted by molar-refractivity contribution is 8.02. The van der Waals surface area contributed by atoms with Gasteiger partial charge >= 0.3 is 0 Å². The Kier molecular flexibility index (Phi) is 10.1. The summed E-state index contributed by atoms with van der Waals surface area (Å²) in [5.41, 5.74) is 9.97. The number of aliphatic imine (C=N–C) groups is 1. The molecule has 230 valence electrons. The second-order valence-electron chi connectivity index (χ2n) is 11.8. The smallest absolute Gasteiger partial charge is 0.150 e. The minimum absolute atomic E-state index is 0.0336. The van der Waals surface area contributed by atoms with Crippen molar-refractivity contribution in [3.05, 3.63) is 119 Å². The van der Waals surface area contributed by atoms with Crippen molar-refractivity contribution in [2.75, 3.05) is 4.90 Å². The van der Waals surface area contributed by atoms with Gasteiger partial charge in [0.25, 0.3) is 0 Å². The van der Waals surface area contributed by atoms with Crippen LogP contribution in [0.15, 0.2) is 92.1 Å². The second-order valence-corrected chi connectivity index (χ2v) is 14.4. The molecule has 1 N–H and O–H groups in total. The Hall–Kier alpha value is -2.41. The lowest BCUT2D eigenvalue weighted by atomic mass is 9.77. The summed E-state index contributed by atoms with van der Waals surface area (Å²) in [6.45, 7) is 12.9. The van der Waals surface area contributed by atoms with Crippen molar-refractivity contribution >= 4 is 75.9 Å². The Morgan fingerprint density at radius 3 is 2.30 bits per heavy atom. The fraction of sp³-hybridized carbons (Fsp3) is 0.314. The molecule has 0 saturated carbocycles. The molecule has 0 spiro atoms. The number of allylic oxidation sites excluding steroid dienone is 3. The van der Waals surface area contributed by atoms with Crippen LogP contribution in [0.1, 0.15) is 63.3 Å². The molecule has 3 aromatic rings. The molecule has 0 radical (unpaired) electrons. The van der Waals surface area contributed by atoms with E-state index in [-0.39, 0.29) is 12.0 Å². The average Bonchev–Trinajstić information content (AvgIpc) is 3.01. The molecular weight excluding hydrogens is 650 g/mol. The minimum Gasteiger partial charge on any atom is -0.307 e. The summed E-state index contributed by atoms with van der Waals surface area (Å²) in [6, 6.07) is 20.6. The molecule has 9 heteroatoms. The monoisotopic (exact) mass is 684 g/mol. The van der Waals surface area contributed by atoms with Gasteiger partial charge in [-0.25, -0.2) is 0 Å². The van der Waals surface area contributed by atoms with E-state index >= 15 is 0 Å². The van der Waals surface area contributed by atoms with Gasteiger partial charge in [0.2, 0.25) is 0 Å². The van der Waals surface area contributed by atoms with Crippen LogP contribution in [0.4, 0.5) is 5.69 Å². The maximum atomic E-state index is 7.32. The number of rotatable bonds is 8. The molecule has 5 rings (SSSR count). The van der Waals surface area contributed by atoms with Crippen molar-refractivity contribution in [3.8, 4) is 0 Å². The summed E-state index contributed by atoms with van der Waals surface area (Å²) in [5.74, 6) is 1.45. The van der Waals surface area contributed by atoms with E-state index < -0.39 is 5.41 Å². The zero-order valence-corrected chi connectivity index (χ0v) is 29.5. The van der Waals surface area contributed by atoms with E-state index in [1.165, 1.54) is 11.1 Å². The van der Waals surface area contributed by atoms with Crippen LogP contribution in [0.3, 0.4) is 0 Å². The zero-order valence-electron chi connectivity index (χ0n) is 25.7. The molecule has 2 aliphatic heterocycles. The van der Waals surface area contributed by atoms with Crippen LogP contribution in [0.5, 0.6) is 0 Å². The third-order valence-electron chi connectivity index (χ3n) is 8.34. The van der Waals surface area contributed by atoms with Crippen molar-refractivity contribution in [3.63, 3.8) is 0 Å². The molecule has 2 unspecified atom stereocenters. The van der Waals surface area contributed by atoms with Gasteiger partial charge in [-0.15, -0.1) is 11.8 Å². The van der Waals surface area contributed by atoms with Crippen LogP contribution in [0.25, 0.3) is 0 Å². The van der Waals surface area contributed by atoms with Gasteiger partial charge < -0.3 is 4.90 Å². The van der Waals surface area contributed by atoms with Gasteiger partial charge in [0, 0.05) is 45.3 Å². The molecule has 0 amide bonds. The molecule has 4 nitrogen and oxygen atoms in total. The van der Waals surface area contributed by atoms with Gasteiger partial charge in [-0.1, -0.05) is 104 Å². The molecule has 2 atom stereocenters. The Labute approximate surface area is 285 Å². The third kappa shape index (κ3) is 6.59. The Morgan fingerprint density at radius 2 is 1.64 bits per heavy atom. The van der Waals surface area contributed by atoms with Gasteiger partial charge in [-0.3, -0.25) is 10.4 Å². The van der Waals surface area contributed by atoms with Crippen LogP contribution < -0.4 is 10.3 Å². The Bertz CT molecular complexity index is 1690. The Morgan fingerprint density at radius 1 is 0.909 bits per heavy atom. The fourth-order valence-electron chi connectivity index (χ4n) is 5.41. The number of nitrogens with zero attached hydrogens (tertiary/aromatic N) is 3. The lowest BCUT2D eigenvalue weighted by Crippen LogP contribution is -2.38. The number of amidine groups is 1. The second kappa shape index (κ2) is 13.5. The van der Waals surface area contributed by atoms with Gasteiger partial charge in [0.1, 0.15) is 0 Å². The van der Waals surface area contributed by atoms with E-state index in [9.17, 15) is 0 Å². The van der Waals surface area contributed by atoms with E-state index in [1.54, 1.807) is 11.8 Å². The molecule has 2 aliphatic rings. The van der Waals surface area contributed by atoms with Crippen molar-refractivity contribution in [2.24, 2.45) is 16.0 Å². The minimum atomic E-state index is -0.492. The van der Waals surface area contributed by atoms with E-state index in [2.05, 4.69) is 87.3 Å². The number of thioether (sulfide) groups is 1. The number of hydrogen-bond acceptors (Lipinski definition) is 5. The first kappa shape index (κ1) is 33.0. The first-order valence-corrected chi connectivity index (χ1v) is 17.1. The molecular formula is C35H36Cl4N4S. The summed E-state index contributed by atoms with van der Waals surface area (Å²) in [4.78, 5) is 7.06. The molecule has 0 fully saturated rings. The number of anilines is 1. The summed E-state index contributed by atoms with van der Waals surface area (Å²) in [5, 5.41) is 7.91. The van der Waals surface area contributed by atoms with E-state index in [1.807, 2.05) is 36.5 Å². The summed E-state index contributed by atoms with van der Waals surface area (Å²) in [7, 11) is 0. The highest BCUT2D eigenvalue weighted by Gasteiger charge is 2.40. The predicted molar refractivity (Wildman–Crippen MR) is 193 cm³/mol. The maximum Gasteiger partial charge on any atom is 0.150 e. The van der Waals surface area contributed by atoms with Crippen LogP contribution >= 0.6 is 58.2 Å². The number of aryl methyl sites for hydroxylation is 1. The molecule has 3 aromatic carbocycles. The Balaban J connectivity index is 1.52. The molecule has 2 heterocycles. The zero-order chi connectivity index (χ0) is 31.8. The summed E-state index contributed by atoms with van der Waals surface area (Å²) >= 11 is 28.7. The van der Waals surface area contributed by atoms with Crippen molar-refractivity contribution in [1.29, 1.82) is 0 Å². The van der Waals surface area contributed by atoms with Crippen LogP contribution in [-0.4, -0.2) is 18.1 Å². The highest BCUT2D eigenvalue weighted by atomic mass is 35.5. The number of benzene rings is 3. The molecule has 44 heavy (non-hydrogen) atoms. The predicted octanol–water partition coefficient (Wildman–Crippen LogP) is 11.1. The number of halogens is 4. The van der Waals surface area contributed by atoms with Crippen molar-refractivity contribution in [2.45, 2.75) is 65.2 Å². The molecule has 0 bridgehead atoms. The van der Waals surface area contributed by atoms with E-state index in [0.29, 0.717) is 20.9 Å². The van der Waals surface area contributed by atoms with Crippen molar-refractivity contribution in [1.82, 2.24) is 5.43 Å². The van der Waals surface area contributed by atoms with Crippen molar-refractivity contribution < 1.29 is 0 Å². The standard InChI is InChI=1S/C35H36Cl4N4S/c1-7-25-18-40-42-33(41-25)27-14-10-23(16-29(27)37)19-44-34-22(4)21(3)31(39)32(43(34)26-12-8-20(2)9-13-26)35(5,6)24-11-15-28(36)30(38)17-24/h8-18,21,25H,7,19H2,1-6H3,(H,41,42). The SMILES string of the molecule is CCC1C=NNC(c2ccc(CSC3=C(C)C(C)C(Cl)=C(C(C)(C)c4ccc(Cl)c(Cl)c4)N3c3ccc(C)cc3)cc2Cl)=N1. The lowest BCUT2D eigenvalue weighted by Gasteiger charge is -2.44. The van der Waals surface area contributed by atoms with E-state index in [4.69, 9.17) is 51.4 Å². The first-order valence-electron chi connectivity index (χ1n) is 14.6. The number of hydrogen-bond donors (Lipinski definition) is 1. The maximum absolute atomic E-state index is 7.32. The molecule has 0 aliphatic carbocycles. The fourth-order valence-corrected chi connectivity index (χ4v) is 7.70.